The van der Waals surface area contributed by atoms with E-state index in [4.69, 9.17) is 17.0 Å². The molecule has 0 unspecified atom stereocenters. The van der Waals surface area contributed by atoms with Crippen molar-refractivity contribution in [1.29, 1.82) is 0 Å². The molecule has 4 nitrogen and oxygen atoms in total. The molecule has 0 amide bonds. The van der Waals surface area contributed by atoms with E-state index in [2.05, 4.69) is 4.99 Å². The van der Waals surface area contributed by atoms with Crippen molar-refractivity contribution in [3.63, 3.8) is 0 Å². The fraction of sp³-hybridized carbons (Fsp3) is 0.769. The van der Waals surface area contributed by atoms with Crippen LogP contribution in [0.15, 0.2) is 4.99 Å². The molecule has 0 bridgehead atoms. The van der Waals surface area contributed by atoms with Gasteiger partial charge in [0.05, 0.1) is 13.0 Å². The number of ether oxygens (including phenoxy) is 1. The van der Waals surface area contributed by atoms with Gasteiger partial charge in [-0.3, -0.25) is 4.79 Å². The summed E-state index contributed by atoms with van der Waals surface area (Å²) in [6.45, 7) is 1.95. The Labute approximate surface area is 114 Å². The number of hydrogen-bond donors (Lipinski definition) is 0. The van der Waals surface area contributed by atoms with Gasteiger partial charge in [0.25, 0.3) is 0 Å². The fourth-order valence-corrected chi connectivity index (χ4v) is 2.46. The molecule has 0 saturated heterocycles. The molecule has 1 saturated carbocycles. The van der Waals surface area contributed by atoms with Gasteiger partial charge in [0.15, 0.2) is 0 Å². The number of rotatable bonds is 2. The lowest BCUT2D eigenvalue weighted by Crippen LogP contribution is -2.27. The molecule has 0 aromatic heterocycles. The molecular formula is C13H22N2O2S. The number of amidine groups is 1. The van der Waals surface area contributed by atoms with Crippen LogP contribution < -0.4 is 0 Å². The number of hydrogen-bond acceptors (Lipinski definition) is 3. The van der Waals surface area contributed by atoms with Crippen molar-refractivity contribution in [1.82, 2.24) is 4.90 Å². The highest BCUT2D eigenvalue weighted by Gasteiger charge is 2.28. The molecule has 0 N–H and O–H groups in total. The third kappa shape index (κ3) is 4.05. The highest BCUT2D eigenvalue weighted by Crippen LogP contribution is 2.30. The van der Waals surface area contributed by atoms with Gasteiger partial charge in [-0.15, -0.1) is 0 Å². The first-order chi connectivity index (χ1) is 8.45. The Hall–Kier alpha value is -0.970. The van der Waals surface area contributed by atoms with Crippen LogP contribution in [0.25, 0.3) is 0 Å². The summed E-state index contributed by atoms with van der Waals surface area (Å²) in [7, 11) is 5.36. The number of esters is 1. The van der Waals surface area contributed by atoms with Gasteiger partial charge in [-0.1, -0.05) is 12.2 Å². The maximum absolute atomic E-state index is 11.4. The molecule has 0 aliphatic heterocycles. The van der Waals surface area contributed by atoms with Gasteiger partial charge < -0.3 is 9.64 Å². The van der Waals surface area contributed by atoms with Gasteiger partial charge in [-0.25, -0.2) is 4.99 Å². The molecule has 1 aliphatic rings. The quantitative estimate of drug-likeness (QED) is 0.334. The summed E-state index contributed by atoms with van der Waals surface area (Å²) < 4.78 is 4.78. The summed E-state index contributed by atoms with van der Waals surface area (Å²) in [5, 5.41) is 0. The van der Waals surface area contributed by atoms with Crippen LogP contribution in [-0.4, -0.2) is 42.9 Å². The minimum Gasteiger partial charge on any atom is -0.469 e. The number of nitrogens with zero attached hydrogens (tertiary/aromatic N) is 2. The fourth-order valence-electron chi connectivity index (χ4n) is 2.09. The SMILES string of the molecule is COC(=O)[C@H]1CC[C@H](C(=S)/N=C(\C)N(C)C)CC1. The average Bonchev–Trinajstić information content (AvgIpc) is 2.37. The maximum Gasteiger partial charge on any atom is 0.308 e. The molecule has 0 heterocycles. The molecule has 102 valence electrons. The maximum atomic E-state index is 11.4. The lowest BCUT2D eigenvalue weighted by atomic mass is 9.82. The minimum absolute atomic E-state index is 0.0491. The van der Waals surface area contributed by atoms with Crippen molar-refractivity contribution in [2.75, 3.05) is 21.2 Å². The van der Waals surface area contributed by atoms with E-state index in [1.165, 1.54) is 7.11 Å². The van der Waals surface area contributed by atoms with Crippen LogP contribution in [0.3, 0.4) is 0 Å². The average molecular weight is 270 g/mol. The minimum atomic E-state index is -0.0904. The molecule has 1 aliphatic carbocycles. The zero-order valence-corrected chi connectivity index (χ0v) is 12.4. The lowest BCUT2D eigenvalue weighted by Gasteiger charge is -2.26. The third-order valence-corrected chi connectivity index (χ3v) is 3.95. The van der Waals surface area contributed by atoms with Gasteiger partial charge in [0.1, 0.15) is 10.8 Å². The van der Waals surface area contributed by atoms with Crippen LogP contribution in [0.1, 0.15) is 32.6 Å². The van der Waals surface area contributed by atoms with E-state index in [1.54, 1.807) is 0 Å². The van der Waals surface area contributed by atoms with Crippen LogP contribution in [-0.2, 0) is 9.53 Å². The Morgan fingerprint density at radius 1 is 1.22 bits per heavy atom. The van der Waals surface area contributed by atoms with E-state index in [0.717, 1.165) is 36.5 Å². The van der Waals surface area contributed by atoms with Crippen molar-refractivity contribution in [3.8, 4) is 0 Å². The summed E-state index contributed by atoms with van der Waals surface area (Å²) >= 11 is 5.37. The summed E-state index contributed by atoms with van der Waals surface area (Å²) in [6.07, 6.45) is 3.58. The second kappa shape index (κ2) is 6.83. The van der Waals surface area contributed by atoms with Gasteiger partial charge in [0, 0.05) is 20.0 Å². The zero-order valence-electron chi connectivity index (χ0n) is 11.6. The molecule has 0 aromatic carbocycles. The van der Waals surface area contributed by atoms with E-state index in [1.807, 2.05) is 25.9 Å². The zero-order chi connectivity index (χ0) is 13.7. The van der Waals surface area contributed by atoms with Crippen molar-refractivity contribution in [2.45, 2.75) is 32.6 Å². The number of aliphatic imine (C=N–C) groups is 1. The lowest BCUT2D eigenvalue weighted by molar-refractivity contribution is -0.146. The molecule has 5 heteroatoms. The van der Waals surface area contributed by atoms with Crippen molar-refractivity contribution < 1.29 is 9.53 Å². The molecule has 0 spiro atoms. The smallest absolute Gasteiger partial charge is 0.308 e. The Bertz CT molecular complexity index is 345. The van der Waals surface area contributed by atoms with E-state index in [-0.39, 0.29) is 11.9 Å². The summed E-state index contributed by atoms with van der Waals surface area (Å²) in [6, 6.07) is 0. The predicted octanol–water partition coefficient (Wildman–Crippen LogP) is 2.27. The Balaban J connectivity index is 2.51. The number of carbonyl (C=O) groups is 1. The summed E-state index contributed by atoms with van der Waals surface area (Å²) in [4.78, 5) is 18.6. The molecule has 0 radical (unpaired) electrons. The molecule has 18 heavy (non-hydrogen) atoms. The number of carbonyl (C=O) groups excluding carboxylic acids is 1. The summed E-state index contributed by atoms with van der Waals surface area (Å²) in [5.74, 6) is 1.21. The summed E-state index contributed by atoms with van der Waals surface area (Å²) in [5.41, 5.74) is 0. The standard InChI is InChI=1S/C13H22N2O2S/c1-9(15(2)3)14-12(18)10-5-7-11(8-6-10)13(16)17-4/h10-11H,5-8H2,1-4H3/b14-9+/t10-,11-. The van der Waals surface area contributed by atoms with Gasteiger partial charge in [-0.05, 0) is 32.6 Å². The third-order valence-electron chi connectivity index (χ3n) is 3.53. The van der Waals surface area contributed by atoms with E-state index in [9.17, 15) is 4.79 Å². The largest absolute Gasteiger partial charge is 0.469 e. The monoisotopic (exact) mass is 270 g/mol. The molecule has 1 fully saturated rings. The van der Waals surface area contributed by atoms with Crippen LogP contribution in [0.4, 0.5) is 0 Å². The highest BCUT2D eigenvalue weighted by atomic mass is 32.1. The second-order valence-electron chi connectivity index (χ2n) is 4.96. The van der Waals surface area contributed by atoms with Crippen molar-refractivity contribution in [3.05, 3.63) is 0 Å². The second-order valence-corrected chi connectivity index (χ2v) is 5.38. The van der Waals surface area contributed by atoms with Crippen LogP contribution in [0.5, 0.6) is 0 Å². The van der Waals surface area contributed by atoms with Crippen LogP contribution >= 0.6 is 12.2 Å². The van der Waals surface area contributed by atoms with Crippen LogP contribution in [0, 0.1) is 11.8 Å². The van der Waals surface area contributed by atoms with E-state index >= 15 is 0 Å². The first kappa shape index (κ1) is 15.1. The predicted molar refractivity (Wildman–Crippen MR) is 76.9 cm³/mol. The van der Waals surface area contributed by atoms with Gasteiger partial charge in [0.2, 0.25) is 0 Å². The van der Waals surface area contributed by atoms with E-state index < -0.39 is 0 Å². The molecular weight excluding hydrogens is 248 g/mol. The first-order valence-corrected chi connectivity index (χ1v) is 6.70. The Morgan fingerprint density at radius 2 is 1.72 bits per heavy atom. The highest BCUT2D eigenvalue weighted by molar-refractivity contribution is 7.80. The number of methoxy groups -OCH3 is 1. The topological polar surface area (TPSA) is 41.9 Å². The van der Waals surface area contributed by atoms with Crippen molar-refractivity contribution in [2.24, 2.45) is 16.8 Å². The molecule has 0 atom stereocenters. The van der Waals surface area contributed by atoms with Crippen molar-refractivity contribution >= 4 is 29.0 Å². The Morgan fingerprint density at radius 3 is 2.17 bits per heavy atom. The normalized spacial score (nSPS) is 24.6. The molecule has 0 aromatic rings. The first-order valence-electron chi connectivity index (χ1n) is 6.30. The Kier molecular flexibility index (Phi) is 5.72. The molecule has 1 rings (SSSR count). The van der Waals surface area contributed by atoms with Crippen LogP contribution in [0.2, 0.25) is 0 Å². The van der Waals surface area contributed by atoms with E-state index in [0.29, 0.717) is 5.92 Å². The van der Waals surface area contributed by atoms with Gasteiger partial charge in [-0.2, -0.15) is 0 Å². The number of thiocarbonyl (C=S) groups is 1. The van der Waals surface area contributed by atoms with Gasteiger partial charge >= 0.3 is 5.97 Å².